The van der Waals surface area contributed by atoms with Gasteiger partial charge in [0.05, 0.1) is 12.2 Å². The van der Waals surface area contributed by atoms with Crippen LogP contribution in [0.3, 0.4) is 0 Å². The zero-order valence-corrected chi connectivity index (χ0v) is 11.5. The number of hydrogen-bond acceptors (Lipinski definition) is 3. The third kappa shape index (κ3) is 2.55. The molecule has 2 heterocycles. The molecule has 1 aromatic rings. The van der Waals surface area contributed by atoms with Crippen LogP contribution in [-0.4, -0.2) is 30.3 Å². The maximum absolute atomic E-state index is 5.72. The fourth-order valence-corrected chi connectivity index (χ4v) is 2.66. The van der Waals surface area contributed by atoms with Crippen molar-refractivity contribution in [3.05, 3.63) is 22.3 Å². The highest BCUT2D eigenvalue weighted by Crippen LogP contribution is 2.23. The molecule has 0 unspecified atom stereocenters. The molecule has 1 saturated heterocycles. The SMILES string of the molecule is Cc1cc(Br)cnc1N1C[C@@H](C)O[C@H](C)C1. The molecule has 1 aliphatic rings. The monoisotopic (exact) mass is 284 g/mol. The first-order valence-electron chi connectivity index (χ1n) is 5.59. The van der Waals surface area contributed by atoms with E-state index in [-0.39, 0.29) is 12.2 Å². The lowest BCUT2D eigenvalue weighted by atomic mass is 10.2. The number of nitrogens with zero attached hydrogens (tertiary/aromatic N) is 2. The van der Waals surface area contributed by atoms with Crippen molar-refractivity contribution in [2.45, 2.75) is 33.0 Å². The van der Waals surface area contributed by atoms with Gasteiger partial charge in [-0.3, -0.25) is 0 Å². The normalized spacial score (nSPS) is 25.9. The van der Waals surface area contributed by atoms with Gasteiger partial charge in [-0.25, -0.2) is 4.98 Å². The quantitative estimate of drug-likeness (QED) is 0.793. The van der Waals surface area contributed by atoms with Gasteiger partial charge in [-0.05, 0) is 48.3 Å². The number of pyridine rings is 1. The van der Waals surface area contributed by atoms with Crippen LogP contribution in [-0.2, 0) is 4.74 Å². The van der Waals surface area contributed by atoms with Crippen LogP contribution >= 0.6 is 15.9 Å². The first kappa shape index (κ1) is 11.9. The van der Waals surface area contributed by atoms with Gasteiger partial charge in [-0.15, -0.1) is 0 Å². The second-order valence-corrected chi connectivity index (χ2v) is 5.37. The molecule has 4 heteroatoms. The van der Waals surface area contributed by atoms with Crippen LogP contribution in [0.2, 0.25) is 0 Å². The lowest BCUT2D eigenvalue weighted by Crippen LogP contribution is -2.46. The van der Waals surface area contributed by atoms with Gasteiger partial charge in [0.1, 0.15) is 5.82 Å². The number of aryl methyl sites for hydroxylation is 1. The largest absolute Gasteiger partial charge is 0.372 e. The van der Waals surface area contributed by atoms with Crippen molar-refractivity contribution in [1.29, 1.82) is 0 Å². The van der Waals surface area contributed by atoms with Crippen molar-refractivity contribution in [2.24, 2.45) is 0 Å². The van der Waals surface area contributed by atoms with E-state index in [1.165, 1.54) is 5.56 Å². The summed E-state index contributed by atoms with van der Waals surface area (Å²) >= 11 is 3.44. The number of aromatic nitrogens is 1. The van der Waals surface area contributed by atoms with E-state index in [1.54, 1.807) is 0 Å². The van der Waals surface area contributed by atoms with E-state index in [1.807, 2.05) is 6.20 Å². The number of rotatable bonds is 1. The Morgan fingerprint density at radius 2 is 2.00 bits per heavy atom. The van der Waals surface area contributed by atoms with Crippen LogP contribution < -0.4 is 4.90 Å². The standard InChI is InChI=1S/C12H17BrN2O/c1-8-4-11(13)5-14-12(8)15-6-9(2)16-10(3)7-15/h4-5,9-10H,6-7H2,1-3H3/t9-,10-/m1/s1. The van der Waals surface area contributed by atoms with E-state index >= 15 is 0 Å². The van der Waals surface area contributed by atoms with E-state index in [4.69, 9.17) is 4.74 Å². The molecule has 2 rings (SSSR count). The van der Waals surface area contributed by atoms with Crippen molar-refractivity contribution < 1.29 is 4.74 Å². The van der Waals surface area contributed by atoms with Crippen LogP contribution in [0.25, 0.3) is 0 Å². The average Bonchev–Trinajstić information content (AvgIpc) is 2.15. The highest BCUT2D eigenvalue weighted by Gasteiger charge is 2.23. The summed E-state index contributed by atoms with van der Waals surface area (Å²) in [5.41, 5.74) is 1.20. The predicted octanol–water partition coefficient (Wildman–Crippen LogP) is 2.77. The number of hydrogen-bond donors (Lipinski definition) is 0. The summed E-state index contributed by atoms with van der Waals surface area (Å²) in [6, 6.07) is 2.10. The van der Waals surface area contributed by atoms with Gasteiger partial charge in [-0.1, -0.05) is 0 Å². The Bertz CT molecular complexity index is 373. The van der Waals surface area contributed by atoms with Crippen LogP contribution in [0.15, 0.2) is 16.7 Å². The van der Waals surface area contributed by atoms with Gasteiger partial charge in [0.15, 0.2) is 0 Å². The van der Waals surface area contributed by atoms with E-state index in [2.05, 4.69) is 52.7 Å². The smallest absolute Gasteiger partial charge is 0.131 e. The zero-order valence-electron chi connectivity index (χ0n) is 9.90. The van der Waals surface area contributed by atoms with Crippen molar-refractivity contribution >= 4 is 21.7 Å². The second-order valence-electron chi connectivity index (χ2n) is 4.46. The molecule has 0 radical (unpaired) electrons. The molecule has 88 valence electrons. The van der Waals surface area contributed by atoms with E-state index < -0.39 is 0 Å². The molecule has 0 amide bonds. The van der Waals surface area contributed by atoms with Crippen molar-refractivity contribution in [3.8, 4) is 0 Å². The maximum atomic E-state index is 5.72. The Balaban J connectivity index is 2.23. The zero-order chi connectivity index (χ0) is 11.7. The van der Waals surface area contributed by atoms with Gasteiger partial charge >= 0.3 is 0 Å². The Hall–Kier alpha value is -0.610. The van der Waals surface area contributed by atoms with Crippen molar-refractivity contribution in [1.82, 2.24) is 4.98 Å². The minimum Gasteiger partial charge on any atom is -0.372 e. The fourth-order valence-electron chi connectivity index (χ4n) is 2.22. The number of morpholine rings is 1. The third-order valence-electron chi connectivity index (χ3n) is 2.74. The molecule has 3 nitrogen and oxygen atoms in total. The molecule has 1 fully saturated rings. The van der Waals surface area contributed by atoms with Crippen molar-refractivity contribution in [3.63, 3.8) is 0 Å². The lowest BCUT2D eigenvalue weighted by molar-refractivity contribution is -0.00549. The van der Waals surface area contributed by atoms with E-state index in [0.29, 0.717) is 0 Å². The summed E-state index contributed by atoms with van der Waals surface area (Å²) in [7, 11) is 0. The van der Waals surface area contributed by atoms with E-state index in [9.17, 15) is 0 Å². The number of ether oxygens (including phenoxy) is 1. The molecule has 2 atom stereocenters. The summed E-state index contributed by atoms with van der Waals surface area (Å²) in [4.78, 5) is 6.80. The molecule has 16 heavy (non-hydrogen) atoms. The van der Waals surface area contributed by atoms with Gasteiger partial charge in [-0.2, -0.15) is 0 Å². The minimum atomic E-state index is 0.272. The summed E-state index contributed by atoms with van der Waals surface area (Å²) in [5.74, 6) is 1.07. The molecule has 0 N–H and O–H groups in total. The molecule has 0 saturated carbocycles. The van der Waals surface area contributed by atoms with Gasteiger partial charge < -0.3 is 9.64 Å². The Labute approximate surface area is 105 Å². The van der Waals surface area contributed by atoms with Crippen LogP contribution in [0, 0.1) is 6.92 Å². The Morgan fingerprint density at radius 3 is 2.56 bits per heavy atom. The molecular formula is C12H17BrN2O. The number of halogens is 1. The minimum absolute atomic E-state index is 0.272. The Morgan fingerprint density at radius 1 is 1.38 bits per heavy atom. The van der Waals surface area contributed by atoms with Crippen LogP contribution in [0.5, 0.6) is 0 Å². The molecule has 0 aromatic carbocycles. The first-order chi connectivity index (χ1) is 7.56. The average molecular weight is 285 g/mol. The summed E-state index contributed by atoms with van der Waals surface area (Å²) < 4.78 is 6.75. The molecule has 0 spiro atoms. The van der Waals surface area contributed by atoms with Gasteiger partial charge in [0.25, 0.3) is 0 Å². The highest BCUT2D eigenvalue weighted by molar-refractivity contribution is 9.10. The summed E-state index contributed by atoms with van der Waals surface area (Å²) in [6.07, 6.45) is 2.40. The molecule has 0 bridgehead atoms. The Kier molecular flexibility index (Phi) is 3.50. The summed E-state index contributed by atoms with van der Waals surface area (Å²) in [5, 5.41) is 0. The lowest BCUT2D eigenvalue weighted by Gasteiger charge is -2.36. The molecular weight excluding hydrogens is 268 g/mol. The van der Waals surface area contributed by atoms with Crippen LogP contribution in [0.4, 0.5) is 5.82 Å². The maximum Gasteiger partial charge on any atom is 0.131 e. The fraction of sp³-hybridized carbons (Fsp3) is 0.583. The van der Waals surface area contributed by atoms with Crippen molar-refractivity contribution in [2.75, 3.05) is 18.0 Å². The summed E-state index contributed by atoms with van der Waals surface area (Å²) in [6.45, 7) is 8.14. The van der Waals surface area contributed by atoms with Gasteiger partial charge in [0.2, 0.25) is 0 Å². The molecule has 1 aliphatic heterocycles. The highest BCUT2D eigenvalue weighted by atomic mass is 79.9. The molecule has 1 aromatic heterocycles. The van der Waals surface area contributed by atoms with Crippen LogP contribution in [0.1, 0.15) is 19.4 Å². The topological polar surface area (TPSA) is 25.4 Å². The molecule has 0 aliphatic carbocycles. The van der Waals surface area contributed by atoms with E-state index in [0.717, 1.165) is 23.4 Å². The predicted molar refractivity (Wildman–Crippen MR) is 68.9 cm³/mol. The van der Waals surface area contributed by atoms with Gasteiger partial charge in [0, 0.05) is 23.8 Å². The third-order valence-corrected chi connectivity index (χ3v) is 3.17. The first-order valence-corrected chi connectivity index (χ1v) is 6.38. The number of anilines is 1. The second kappa shape index (κ2) is 4.72.